The molecule has 0 saturated carbocycles. The number of rotatable bonds is 3. The molecule has 0 radical (unpaired) electrons. The third-order valence-electron chi connectivity index (χ3n) is 4.14. The van der Waals surface area contributed by atoms with E-state index < -0.39 is 0 Å². The highest BCUT2D eigenvalue weighted by Crippen LogP contribution is 2.38. The van der Waals surface area contributed by atoms with Crippen molar-refractivity contribution in [2.24, 2.45) is 0 Å². The molecular formula is C16H20N2O3. The minimum atomic E-state index is -0.129. The maximum atomic E-state index is 11.9. The van der Waals surface area contributed by atoms with E-state index in [1.54, 1.807) is 14.2 Å². The van der Waals surface area contributed by atoms with Crippen molar-refractivity contribution in [1.82, 2.24) is 10.6 Å². The predicted octanol–water partition coefficient (Wildman–Crippen LogP) is 2.89. The lowest BCUT2D eigenvalue weighted by Crippen LogP contribution is -2.44. The Labute approximate surface area is 124 Å². The monoisotopic (exact) mass is 288 g/mol. The van der Waals surface area contributed by atoms with Gasteiger partial charge in [0.05, 0.1) is 20.3 Å². The van der Waals surface area contributed by atoms with Crippen molar-refractivity contribution in [3.63, 3.8) is 0 Å². The number of amides is 2. The summed E-state index contributed by atoms with van der Waals surface area (Å²) in [6.45, 7) is 0. The Hall–Kier alpha value is -2.17. The van der Waals surface area contributed by atoms with E-state index in [0.717, 1.165) is 30.5 Å². The smallest absolute Gasteiger partial charge is 0.319 e. The average molecular weight is 288 g/mol. The SMILES string of the molecule is COc1ccc(C2NC(=O)NC3=C2CCCC3)cc1OC. The molecule has 112 valence electrons. The van der Waals surface area contributed by atoms with Crippen molar-refractivity contribution in [3.8, 4) is 11.5 Å². The quantitative estimate of drug-likeness (QED) is 0.899. The molecule has 0 spiro atoms. The Morgan fingerprint density at radius 1 is 1.10 bits per heavy atom. The fourth-order valence-electron chi connectivity index (χ4n) is 3.10. The van der Waals surface area contributed by atoms with Crippen LogP contribution in [0.4, 0.5) is 4.79 Å². The molecule has 1 atom stereocenters. The number of hydrogen-bond donors (Lipinski definition) is 2. The topological polar surface area (TPSA) is 59.6 Å². The summed E-state index contributed by atoms with van der Waals surface area (Å²) < 4.78 is 10.6. The number of carbonyl (C=O) groups is 1. The average Bonchev–Trinajstić information content (AvgIpc) is 2.53. The van der Waals surface area contributed by atoms with Gasteiger partial charge in [0, 0.05) is 5.70 Å². The molecule has 1 aromatic rings. The molecule has 1 unspecified atom stereocenters. The zero-order valence-corrected chi connectivity index (χ0v) is 12.4. The molecule has 0 aromatic heterocycles. The summed E-state index contributed by atoms with van der Waals surface area (Å²) in [4.78, 5) is 11.9. The normalized spacial score (nSPS) is 21.2. The van der Waals surface area contributed by atoms with Gasteiger partial charge in [-0.25, -0.2) is 4.79 Å². The lowest BCUT2D eigenvalue weighted by atomic mass is 9.86. The van der Waals surface area contributed by atoms with Gasteiger partial charge in [-0.1, -0.05) is 6.07 Å². The minimum absolute atomic E-state index is 0.0751. The number of carbonyl (C=O) groups excluding carboxylic acids is 1. The number of allylic oxidation sites excluding steroid dienone is 1. The van der Waals surface area contributed by atoms with Crippen LogP contribution in [0, 0.1) is 0 Å². The maximum Gasteiger partial charge on any atom is 0.319 e. The largest absolute Gasteiger partial charge is 0.493 e. The van der Waals surface area contributed by atoms with Crippen molar-refractivity contribution in [1.29, 1.82) is 0 Å². The van der Waals surface area contributed by atoms with E-state index in [-0.39, 0.29) is 12.1 Å². The molecule has 0 saturated heterocycles. The van der Waals surface area contributed by atoms with Crippen LogP contribution in [0.1, 0.15) is 37.3 Å². The number of ether oxygens (including phenoxy) is 2. The zero-order valence-electron chi connectivity index (χ0n) is 12.4. The van der Waals surface area contributed by atoms with Crippen molar-refractivity contribution in [2.75, 3.05) is 14.2 Å². The fourth-order valence-corrected chi connectivity index (χ4v) is 3.10. The van der Waals surface area contributed by atoms with Crippen LogP contribution in [-0.2, 0) is 0 Å². The summed E-state index contributed by atoms with van der Waals surface area (Å²) in [5.41, 5.74) is 3.40. The standard InChI is InChI=1S/C16H20N2O3/c1-20-13-8-7-10(9-14(13)21-2)15-11-5-3-4-6-12(11)17-16(19)18-15/h7-9,15H,3-6H2,1-2H3,(H2,17,18,19). The van der Waals surface area contributed by atoms with Gasteiger partial charge in [0.1, 0.15) is 0 Å². The number of urea groups is 1. The molecule has 2 aliphatic rings. The van der Waals surface area contributed by atoms with Crippen molar-refractivity contribution < 1.29 is 14.3 Å². The van der Waals surface area contributed by atoms with E-state index in [1.807, 2.05) is 18.2 Å². The van der Waals surface area contributed by atoms with E-state index in [1.165, 1.54) is 12.0 Å². The third kappa shape index (κ3) is 2.55. The molecule has 0 bridgehead atoms. The van der Waals surface area contributed by atoms with Gasteiger partial charge < -0.3 is 20.1 Å². The van der Waals surface area contributed by atoms with Crippen LogP contribution in [0.15, 0.2) is 29.5 Å². The first-order chi connectivity index (χ1) is 10.2. The van der Waals surface area contributed by atoms with Gasteiger partial charge >= 0.3 is 6.03 Å². The highest BCUT2D eigenvalue weighted by molar-refractivity contribution is 5.79. The van der Waals surface area contributed by atoms with Gasteiger partial charge in [-0.3, -0.25) is 0 Å². The van der Waals surface area contributed by atoms with Crippen LogP contribution in [-0.4, -0.2) is 20.3 Å². The summed E-state index contributed by atoms with van der Waals surface area (Å²) >= 11 is 0. The molecular weight excluding hydrogens is 268 g/mol. The van der Waals surface area contributed by atoms with Crippen LogP contribution in [0.3, 0.4) is 0 Å². The zero-order chi connectivity index (χ0) is 14.8. The summed E-state index contributed by atoms with van der Waals surface area (Å²) in [6, 6.07) is 5.60. The minimum Gasteiger partial charge on any atom is -0.493 e. The Morgan fingerprint density at radius 2 is 1.86 bits per heavy atom. The molecule has 1 aliphatic heterocycles. The Kier molecular flexibility index (Phi) is 3.73. The van der Waals surface area contributed by atoms with E-state index in [9.17, 15) is 4.79 Å². The number of hydrogen-bond acceptors (Lipinski definition) is 3. The molecule has 1 aliphatic carbocycles. The molecule has 5 nitrogen and oxygen atoms in total. The van der Waals surface area contributed by atoms with Gasteiger partial charge in [-0.15, -0.1) is 0 Å². The molecule has 0 fully saturated rings. The van der Waals surface area contributed by atoms with E-state index >= 15 is 0 Å². The summed E-state index contributed by atoms with van der Waals surface area (Å²) in [6.07, 6.45) is 4.27. The van der Waals surface area contributed by atoms with Gasteiger partial charge in [0.2, 0.25) is 0 Å². The van der Waals surface area contributed by atoms with Crippen molar-refractivity contribution in [2.45, 2.75) is 31.7 Å². The lowest BCUT2D eigenvalue weighted by molar-refractivity contribution is 0.236. The molecule has 3 rings (SSSR count). The first kappa shape index (κ1) is 13.8. The van der Waals surface area contributed by atoms with Crippen LogP contribution in [0.2, 0.25) is 0 Å². The van der Waals surface area contributed by atoms with Crippen molar-refractivity contribution in [3.05, 3.63) is 35.0 Å². The number of methoxy groups -OCH3 is 2. The second-order valence-electron chi connectivity index (χ2n) is 5.36. The first-order valence-electron chi connectivity index (χ1n) is 7.24. The highest BCUT2D eigenvalue weighted by atomic mass is 16.5. The van der Waals surface area contributed by atoms with Crippen LogP contribution < -0.4 is 20.1 Å². The maximum absolute atomic E-state index is 11.9. The van der Waals surface area contributed by atoms with Crippen LogP contribution in [0.5, 0.6) is 11.5 Å². The van der Waals surface area contributed by atoms with Gasteiger partial charge in [0.15, 0.2) is 11.5 Å². The lowest BCUT2D eigenvalue weighted by Gasteiger charge is -2.33. The van der Waals surface area contributed by atoms with Crippen LogP contribution >= 0.6 is 0 Å². The predicted molar refractivity (Wildman–Crippen MR) is 79.4 cm³/mol. The Morgan fingerprint density at radius 3 is 2.62 bits per heavy atom. The van der Waals surface area contributed by atoms with Gasteiger partial charge in [0.25, 0.3) is 0 Å². The van der Waals surface area contributed by atoms with Gasteiger partial charge in [-0.05, 0) is 49.0 Å². The number of benzene rings is 1. The third-order valence-corrected chi connectivity index (χ3v) is 4.14. The summed E-state index contributed by atoms with van der Waals surface area (Å²) in [5, 5.41) is 5.96. The van der Waals surface area contributed by atoms with Gasteiger partial charge in [-0.2, -0.15) is 0 Å². The molecule has 1 heterocycles. The molecule has 21 heavy (non-hydrogen) atoms. The Bertz CT molecular complexity index is 595. The number of nitrogens with one attached hydrogen (secondary N) is 2. The van der Waals surface area contributed by atoms with E-state index in [4.69, 9.17) is 9.47 Å². The molecule has 5 heteroatoms. The first-order valence-corrected chi connectivity index (χ1v) is 7.24. The second kappa shape index (κ2) is 5.68. The van der Waals surface area contributed by atoms with Crippen LogP contribution in [0.25, 0.3) is 0 Å². The van der Waals surface area contributed by atoms with E-state index in [2.05, 4.69) is 10.6 Å². The molecule has 2 N–H and O–H groups in total. The van der Waals surface area contributed by atoms with E-state index in [0.29, 0.717) is 11.5 Å². The molecule has 2 amide bonds. The van der Waals surface area contributed by atoms with Crippen molar-refractivity contribution >= 4 is 6.03 Å². The highest BCUT2D eigenvalue weighted by Gasteiger charge is 2.29. The summed E-state index contributed by atoms with van der Waals surface area (Å²) in [5.74, 6) is 1.38. The summed E-state index contributed by atoms with van der Waals surface area (Å²) in [7, 11) is 3.24. The fraction of sp³-hybridized carbons (Fsp3) is 0.438. The molecule has 1 aromatic carbocycles. The second-order valence-corrected chi connectivity index (χ2v) is 5.36. The Balaban J connectivity index is 2.00.